The Bertz CT molecular complexity index is 465. The first-order chi connectivity index (χ1) is 9.70. The van der Waals surface area contributed by atoms with Gasteiger partial charge in [-0.1, -0.05) is 12.1 Å². The fourth-order valence-corrected chi connectivity index (χ4v) is 2.17. The van der Waals surface area contributed by atoms with E-state index in [-0.39, 0.29) is 11.9 Å². The number of ether oxygens (including phenoxy) is 1. The van der Waals surface area contributed by atoms with E-state index in [1.165, 1.54) is 0 Å². The molecular weight excluding hydrogens is 256 g/mol. The highest BCUT2D eigenvalue weighted by Gasteiger charge is 2.16. The lowest BCUT2D eigenvalue weighted by Crippen LogP contribution is -2.46. The molecule has 0 saturated carbocycles. The van der Waals surface area contributed by atoms with Crippen LogP contribution in [-0.4, -0.2) is 49.6 Å². The average Bonchev–Trinajstić information content (AvgIpc) is 2.49. The van der Waals surface area contributed by atoms with Crippen molar-refractivity contribution in [1.82, 2.24) is 10.2 Å². The highest BCUT2D eigenvalue weighted by Crippen LogP contribution is 2.08. The van der Waals surface area contributed by atoms with Crippen LogP contribution in [0.2, 0.25) is 0 Å². The van der Waals surface area contributed by atoms with Crippen molar-refractivity contribution >= 4 is 11.9 Å². The van der Waals surface area contributed by atoms with E-state index in [2.05, 4.69) is 5.32 Å². The molecule has 108 valence electrons. The van der Waals surface area contributed by atoms with Gasteiger partial charge in [-0.25, -0.2) is 4.79 Å². The van der Waals surface area contributed by atoms with E-state index >= 15 is 0 Å². The van der Waals surface area contributed by atoms with Crippen molar-refractivity contribution < 1.29 is 14.3 Å². The average molecular weight is 276 g/mol. The molecule has 1 amide bonds. The summed E-state index contributed by atoms with van der Waals surface area (Å²) in [6.07, 6.45) is 0.378. The van der Waals surface area contributed by atoms with E-state index < -0.39 is 0 Å². The molecule has 1 aliphatic rings. The third-order valence-corrected chi connectivity index (χ3v) is 3.29. The van der Waals surface area contributed by atoms with Gasteiger partial charge in [0, 0.05) is 26.2 Å². The molecule has 0 spiro atoms. The summed E-state index contributed by atoms with van der Waals surface area (Å²) < 4.78 is 4.92. The Labute approximate surface area is 118 Å². The molecule has 2 rings (SSSR count). The zero-order valence-electron chi connectivity index (χ0n) is 11.7. The van der Waals surface area contributed by atoms with Gasteiger partial charge in [0.2, 0.25) is 5.91 Å². The fourth-order valence-electron chi connectivity index (χ4n) is 2.17. The number of nitrogens with zero attached hydrogens (tertiary/aromatic N) is 1. The van der Waals surface area contributed by atoms with Crippen LogP contribution in [0.4, 0.5) is 0 Å². The first-order valence-corrected chi connectivity index (χ1v) is 6.95. The van der Waals surface area contributed by atoms with Crippen molar-refractivity contribution in [2.75, 3.05) is 32.8 Å². The molecule has 1 N–H and O–H groups in total. The van der Waals surface area contributed by atoms with Crippen molar-refractivity contribution in [3.8, 4) is 0 Å². The van der Waals surface area contributed by atoms with Gasteiger partial charge in [-0.3, -0.25) is 4.79 Å². The van der Waals surface area contributed by atoms with Crippen LogP contribution in [0, 0.1) is 0 Å². The van der Waals surface area contributed by atoms with Gasteiger partial charge in [0.15, 0.2) is 0 Å². The number of piperazine rings is 1. The smallest absolute Gasteiger partial charge is 0.338 e. The Morgan fingerprint density at radius 1 is 1.20 bits per heavy atom. The molecule has 0 radical (unpaired) electrons. The van der Waals surface area contributed by atoms with Crippen LogP contribution in [0.15, 0.2) is 24.3 Å². The molecule has 1 heterocycles. The Hall–Kier alpha value is -1.88. The van der Waals surface area contributed by atoms with Gasteiger partial charge in [0.1, 0.15) is 0 Å². The molecule has 1 aromatic rings. The van der Waals surface area contributed by atoms with Gasteiger partial charge in [0.25, 0.3) is 0 Å². The summed E-state index contributed by atoms with van der Waals surface area (Å²) in [5.74, 6) is -0.192. The van der Waals surface area contributed by atoms with Crippen LogP contribution >= 0.6 is 0 Å². The number of nitrogens with one attached hydrogen (secondary N) is 1. The molecule has 1 fully saturated rings. The standard InChI is InChI=1S/C15H20N2O3/c1-2-20-15(19)13-5-3-12(4-6-13)11-14(18)17-9-7-16-8-10-17/h3-6,16H,2,7-11H2,1H3. The molecule has 5 heteroatoms. The quantitative estimate of drug-likeness (QED) is 0.828. The summed E-state index contributed by atoms with van der Waals surface area (Å²) in [5, 5.41) is 3.22. The highest BCUT2D eigenvalue weighted by molar-refractivity contribution is 5.89. The molecule has 1 saturated heterocycles. The number of hydrogen-bond donors (Lipinski definition) is 1. The zero-order chi connectivity index (χ0) is 14.4. The summed E-state index contributed by atoms with van der Waals surface area (Å²) >= 11 is 0. The fraction of sp³-hybridized carbons (Fsp3) is 0.467. The van der Waals surface area contributed by atoms with Crippen LogP contribution in [-0.2, 0) is 16.0 Å². The van der Waals surface area contributed by atoms with Crippen LogP contribution in [0.5, 0.6) is 0 Å². The Morgan fingerprint density at radius 3 is 2.45 bits per heavy atom. The maximum absolute atomic E-state index is 12.1. The molecule has 1 aromatic carbocycles. The number of hydrogen-bond acceptors (Lipinski definition) is 4. The third kappa shape index (κ3) is 3.81. The van der Waals surface area contributed by atoms with Crippen molar-refractivity contribution in [1.29, 1.82) is 0 Å². The zero-order valence-corrected chi connectivity index (χ0v) is 11.7. The largest absolute Gasteiger partial charge is 0.462 e. The van der Waals surface area contributed by atoms with Gasteiger partial charge < -0.3 is 15.0 Å². The molecule has 5 nitrogen and oxygen atoms in total. The van der Waals surface area contributed by atoms with Gasteiger partial charge in [0.05, 0.1) is 18.6 Å². The number of carbonyl (C=O) groups excluding carboxylic acids is 2. The lowest BCUT2D eigenvalue weighted by atomic mass is 10.1. The first kappa shape index (κ1) is 14.5. The van der Waals surface area contributed by atoms with Crippen LogP contribution in [0.1, 0.15) is 22.8 Å². The predicted molar refractivity (Wildman–Crippen MR) is 75.6 cm³/mol. The lowest BCUT2D eigenvalue weighted by Gasteiger charge is -2.27. The van der Waals surface area contributed by atoms with Crippen LogP contribution in [0.3, 0.4) is 0 Å². The first-order valence-electron chi connectivity index (χ1n) is 6.95. The van der Waals surface area contributed by atoms with Gasteiger partial charge in [-0.05, 0) is 24.6 Å². The molecule has 0 unspecified atom stereocenters. The second-order valence-electron chi connectivity index (χ2n) is 4.72. The Kier molecular flexibility index (Phi) is 5.12. The minimum absolute atomic E-state index is 0.135. The molecular formula is C15H20N2O3. The minimum Gasteiger partial charge on any atom is -0.462 e. The van der Waals surface area contributed by atoms with E-state index in [1.54, 1.807) is 19.1 Å². The lowest BCUT2D eigenvalue weighted by molar-refractivity contribution is -0.131. The van der Waals surface area contributed by atoms with E-state index in [0.717, 1.165) is 31.7 Å². The van der Waals surface area contributed by atoms with Gasteiger partial charge >= 0.3 is 5.97 Å². The number of rotatable bonds is 4. The normalized spacial score (nSPS) is 14.9. The molecule has 0 atom stereocenters. The topological polar surface area (TPSA) is 58.6 Å². The van der Waals surface area contributed by atoms with Gasteiger partial charge in [-0.2, -0.15) is 0 Å². The number of esters is 1. The molecule has 20 heavy (non-hydrogen) atoms. The van der Waals surface area contributed by atoms with Crippen LogP contribution < -0.4 is 5.32 Å². The van der Waals surface area contributed by atoms with Crippen LogP contribution in [0.25, 0.3) is 0 Å². The van der Waals surface area contributed by atoms with E-state index in [4.69, 9.17) is 4.74 Å². The van der Waals surface area contributed by atoms with Crippen molar-refractivity contribution in [2.45, 2.75) is 13.3 Å². The van der Waals surface area contributed by atoms with E-state index in [1.807, 2.05) is 17.0 Å². The molecule has 0 bridgehead atoms. The number of benzene rings is 1. The minimum atomic E-state index is -0.326. The Morgan fingerprint density at radius 2 is 1.85 bits per heavy atom. The monoisotopic (exact) mass is 276 g/mol. The predicted octanol–water partition coefficient (Wildman–Crippen LogP) is 0.838. The molecule has 0 aromatic heterocycles. The van der Waals surface area contributed by atoms with E-state index in [9.17, 15) is 9.59 Å². The summed E-state index contributed by atoms with van der Waals surface area (Å²) in [5.41, 5.74) is 1.44. The van der Waals surface area contributed by atoms with E-state index in [0.29, 0.717) is 18.6 Å². The maximum Gasteiger partial charge on any atom is 0.338 e. The SMILES string of the molecule is CCOC(=O)c1ccc(CC(=O)N2CCNCC2)cc1. The summed E-state index contributed by atoms with van der Waals surface area (Å²) in [6.45, 7) is 5.38. The second kappa shape index (κ2) is 7.05. The number of carbonyl (C=O) groups is 2. The summed E-state index contributed by atoms with van der Waals surface area (Å²) in [7, 11) is 0. The summed E-state index contributed by atoms with van der Waals surface area (Å²) in [4.78, 5) is 25.5. The van der Waals surface area contributed by atoms with Crippen molar-refractivity contribution in [3.63, 3.8) is 0 Å². The maximum atomic E-state index is 12.1. The summed E-state index contributed by atoms with van der Waals surface area (Å²) in [6, 6.07) is 7.04. The second-order valence-corrected chi connectivity index (χ2v) is 4.72. The van der Waals surface area contributed by atoms with Crippen molar-refractivity contribution in [2.24, 2.45) is 0 Å². The van der Waals surface area contributed by atoms with Gasteiger partial charge in [-0.15, -0.1) is 0 Å². The Balaban J connectivity index is 1.92. The highest BCUT2D eigenvalue weighted by atomic mass is 16.5. The molecule has 0 aliphatic carbocycles. The van der Waals surface area contributed by atoms with Crippen molar-refractivity contribution in [3.05, 3.63) is 35.4 Å². The molecule has 1 aliphatic heterocycles. The third-order valence-electron chi connectivity index (χ3n) is 3.29. The number of amides is 1.